The van der Waals surface area contributed by atoms with E-state index in [0.717, 1.165) is 37.3 Å². The van der Waals surface area contributed by atoms with E-state index in [1.807, 2.05) is 19.1 Å². The second-order valence-corrected chi connectivity index (χ2v) is 6.92. The maximum absolute atomic E-state index is 12.3. The lowest BCUT2D eigenvalue weighted by atomic mass is 10.1. The smallest absolute Gasteiger partial charge is 0.227 e. The summed E-state index contributed by atoms with van der Waals surface area (Å²) in [5, 5.41) is 3.60. The molecule has 0 aromatic heterocycles. The molecule has 2 rings (SSSR count). The summed E-state index contributed by atoms with van der Waals surface area (Å²) in [7, 11) is 0. The SMILES string of the molecule is CCN(CC)CCCNC(=O)C1CC(=O)N(c2ccc(C)c(Cl)c2)C1. The predicted octanol–water partition coefficient (Wildman–Crippen LogP) is 2.85. The molecule has 1 aromatic rings. The van der Waals surface area contributed by atoms with E-state index in [0.29, 0.717) is 18.1 Å². The van der Waals surface area contributed by atoms with Crippen molar-refractivity contribution in [3.63, 3.8) is 0 Å². The molecule has 1 saturated heterocycles. The zero-order chi connectivity index (χ0) is 18.4. The fourth-order valence-electron chi connectivity index (χ4n) is 3.08. The Morgan fingerprint density at radius 2 is 2.08 bits per heavy atom. The van der Waals surface area contributed by atoms with Crippen LogP contribution in [0.1, 0.15) is 32.3 Å². The number of benzene rings is 1. The van der Waals surface area contributed by atoms with Gasteiger partial charge in [0.05, 0.1) is 5.92 Å². The first kappa shape index (κ1) is 19.7. The van der Waals surface area contributed by atoms with Crippen molar-refractivity contribution in [1.29, 1.82) is 0 Å². The van der Waals surface area contributed by atoms with E-state index in [-0.39, 0.29) is 24.2 Å². The molecule has 6 heteroatoms. The molecule has 1 heterocycles. The molecule has 0 saturated carbocycles. The topological polar surface area (TPSA) is 52.7 Å². The molecule has 1 aliphatic rings. The van der Waals surface area contributed by atoms with Crippen molar-refractivity contribution in [3.8, 4) is 0 Å². The second kappa shape index (κ2) is 9.20. The summed E-state index contributed by atoms with van der Waals surface area (Å²) in [6, 6.07) is 5.56. The van der Waals surface area contributed by atoms with Crippen LogP contribution in [0.25, 0.3) is 0 Å². The molecule has 1 N–H and O–H groups in total. The molecule has 1 fully saturated rings. The Morgan fingerprint density at radius 3 is 2.72 bits per heavy atom. The van der Waals surface area contributed by atoms with E-state index in [4.69, 9.17) is 11.6 Å². The predicted molar refractivity (Wildman–Crippen MR) is 102 cm³/mol. The standard InChI is InChI=1S/C19H28ClN3O2/c1-4-22(5-2)10-6-9-21-19(25)15-11-18(24)23(13-15)16-8-7-14(3)17(20)12-16/h7-8,12,15H,4-6,9-11,13H2,1-3H3,(H,21,25). The van der Waals surface area contributed by atoms with Crippen molar-refractivity contribution in [2.75, 3.05) is 37.6 Å². The number of nitrogens with zero attached hydrogens (tertiary/aromatic N) is 2. The average molecular weight is 366 g/mol. The van der Waals surface area contributed by atoms with Crippen LogP contribution >= 0.6 is 11.6 Å². The monoisotopic (exact) mass is 365 g/mol. The van der Waals surface area contributed by atoms with Gasteiger partial charge in [-0.2, -0.15) is 0 Å². The molecule has 1 unspecified atom stereocenters. The fraction of sp³-hybridized carbons (Fsp3) is 0.579. The molecule has 2 amide bonds. The maximum Gasteiger partial charge on any atom is 0.227 e. The second-order valence-electron chi connectivity index (χ2n) is 6.51. The average Bonchev–Trinajstić information content (AvgIpc) is 2.99. The number of rotatable bonds is 8. The Kier molecular flexibility index (Phi) is 7.26. The molecule has 0 aliphatic carbocycles. The largest absolute Gasteiger partial charge is 0.356 e. The van der Waals surface area contributed by atoms with Crippen LogP contribution in [0.3, 0.4) is 0 Å². The third kappa shape index (κ3) is 5.19. The highest BCUT2D eigenvalue weighted by molar-refractivity contribution is 6.31. The highest BCUT2D eigenvalue weighted by Crippen LogP contribution is 2.28. The van der Waals surface area contributed by atoms with E-state index in [1.54, 1.807) is 11.0 Å². The third-order valence-electron chi connectivity index (χ3n) is 4.81. The first-order valence-corrected chi connectivity index (χ1v) is 9.40. The summed E-state index contributed by atoms with van der Waals surface area (Å²) >= 11 is 6.15. The van der Waals surface area contributed by atoms with E-state index >= 15 is 0 Å². The van der Waals surface area contributed by atoms with Gasteiger partial charge >= 0.3 is 0 Å². The Bertz CT molecular complexity index is 617. The van der Waals surface area contributed by atoms with Gasteiger partial charge in [0.25, 0.3) is 0 Å². The number of carbonyl (C=O) groups is 2. The van der Waals surface area contributed by atoms with Gasteiger partial charge in [0.2, 0.25) is 11.8 Å². The molecule has 1 aliphatic heterocycles. The normalized spacial score (nSPS) is 17.4. The van der Waals surface area contributed by atoms with Crippen LogP contribution in [0.4, 0.5) is 5.69 Å². The van der Waals surface area contributed by atoms with Gasteiger partial charge in [-0.05, 0) is 50.7 Å². The third-order valence-corrected chi connectivity index (χ3v) is 5.21. The van der Waals surface area contributed by atoms with Crippen molar-refractivity contribution in [1.82, 2.24) is 10.2 Å². The summed E-state index contributed by atoms with van der Waals surface area (Å²) < 4.78 is 0. The molecule has 0 bridgehead atoms. The molecule has 1 atom stereocenters. The molecule has 0 spiro atoms. The summed E-state index contributed by atoms with van der Waals surface area (Å²) in [6.07, 6.45) is 1.18. The molecular formula is C19H28ClN3O2. The lowest BCUT2D eigenvalue weighted by Crippen LogP contribution is -2.35. The Balaban J connectivity index is 1.84. The number of hydrogen-bond acceptors (Lipinski definition) is 3. The van der Waals surface area contributed by atoms with Crippen LogP contribution in [-0.2, 0) is 9.59 Å². The number of nitrogens with one attached hydrogen (secondary N) is 1. The van der Waals surface area contributed by atoms with Crippen LogP contribution in [0.5, 0.6) is 0 Å². The van der Waals surface area contributed by atoms with Crippen LogP contribution in [0.15, 0.2) is 18.2 Å². The minimum atomic E-state index is -0.291. The van der Waals surface area contributed by atoms with E-state index in [1.165, 1.54) is 0 Å². The quantitative estimate of drug-likeness (QED) is 0.721. The number of anilines is 1. The molecular weight excluding hydrogens is 338 g/mol. The van der Waals surface area contributed by atoms with Crippen molar-refractivity contribution in [3.05, 3.63) is 28.8 Å². The van der Waals surface area contributed by atoms with Crippen molar-refractivity contribution >= 4 is 29.1 Å². The first-order chi connectivity index (χ1) is 12.0. The van der Waals surface area contributed by atoms with Gasteiger partial charge in [-0.25, -0.2) is 0 Å². The number of amides is 2. The number of carbonyl (C=O) groups excluding carboxylic acids is 2. The summed E-state index contributed by atoms with van der Waals surface area (Å²) in [5.41, 5.74) is 1.73. The lowest BCUT2D eigenvalue weighted by Gasteiger charge is -2.19. The Labute approximate surface area is 155 Å². The van der Waals surface area contributed by atoms with Gasteiger partial charge in [-0.1, -0.05) is 31.5 Å². The fourth-order valence-corrected chi connectivity index (χ4v) is 3.26. The van der Waals surface area contributed by atoms with E-state index < -0.39 is 0 Å². The number of halogens is 1. The molecule has 5 nitrogen and oxygen atoms in total. The van der Waals surface area contributed by atoms with Crippen LogP contribution < -0.4 is 10.2 Å². The van der Waals surface area contributed by atoms with Crippen molar-refractivity contribution < 1.29 is 9.59 Å². The van der Waals surface area contributed by atoms with Gasteiger partial charge in [0.1, 0.15) is 0 Å². The van der Waals surface area contributed by atoms with E-state index in [9.17, 15) is 9.59 Å². The maximum atomic E-state index is 12.3. The molecule has 1 aromatic carbocycles. The highest BCUT2D eigenvalue weighted by atomic mass is 35.5. The van der Waals surface area contributed by atoms with Crippen LogP contribution in [0.2, 0.25) is 5.02 Å². The Hall–Kier alpha value is -1.59. The zero-order valence-electron chi connectivity index (χ0n) is 15.3. The van der Waals surface area contributed by atoms with Crippen molar-refractivity contribution in [2.45, 2.75) is 33.6 Å². The first-order valence-electron chi connectivity index (χ1n) is 9.02. The lowest BCUT2D eigenvalue weighted by molar-refractivity contribution is -0.126. The number of aryl methyl sites for hydroxylation is 1. The molecule has 138 valence electrons. The summed E-state index contributed by atoms with van der Waals surface area (Å²) in [6.45, 7) is 10.3. The summed E-state index contributed by atoms with van der Waals surface area (Å²) in [4.78, 5) is 28.6. The summed E-state index contributed by atoms with van der Waals surface area (Å²) in [5.74, 6) is -0.349. The van der Waals surface area contributed by atoms with Gasteiger partial charge in [-0.3, -0.25) is 9.59 Å². The highest BCUT2D eigenvalue weighted by Gasteiger charge is 2.35. The molecule has 25 heavy (non-hydrogen) atoms. The minimum absolute atomic E-state index is 0.0248. The molecule has 0 radical (unpaired) electrons. The zero-order valence-corrected chi connectivity index (χ0v) is 16.1. The Morgan fingerprint density at radius 1 is 1.36 bits per heavy atom. The van der Waals surface area contributed by atoms with Crippen LogP contribution in [-0.4, -0.2) is 49.4 Å². The van der Waals surface area contributed by atoms with Crippen molar-refractivity contribution in [2.24, 2.45) is 5.92 Å². The van der Waals surface area contributed by atoms with E-state index in [2.05, 4.69) is 24.1 Å². The van der Waals surface area contributed by atoms with Crippen LogP contribution in [0, 0.1) is 12.8 Å². The van der Waals surface area contributed by atoms with Gasteiger partial charge < -0.3 is 15.1 Å². The van der Waals surface area contributed by atoms with Gasteiger partial charge in [0.15, 0.2) is 0 Å². The van der Waals surface area contributed by atoms with Gasteiger partial charge in [-0.15, -0.1) is 0 Å². The van der Waals surface area contributed by atoms with Gasteiger partial charge in [0, 0.05) is 30.2 Å². The number of hydrogen-bond donors (Lipinski definition) is 1. The minimum Gasteiger partial charge on any atom is -0.356 e.